The summed E-state index contributed by atoms with van der Waals surface area (Å²) < 4.78 is 5.07. The van der Waals surface area contributed by atoms with E-state index < -0.39 is 0 Å². The van der Waals surface area contributed by atoms with Crippen molar-refractivity contribution in [3.8, 4) is 0 Å². The van der Waals surface area contributed by atoms with Crippen molar-refractivity contribution in [2.75, 3.05) is 26.2 Å². The number of likely N-dealkylation sites (tertiary alicyclic amines) is 1. The summed E-state index contributed by atoms with van der Waals surface area (Å²) in [5.74, 6) is 1.99. The molecule has 0 aromatic rings. The van der Waals surface area contributed by atoms with Crippen LogP contribution in [0.15, 0.2) is 0 Å². The zero-order chi connectivity index (χ0) is 19.0. The van der Waals surface area contributed by atoms with Gasteiger partial charge in [-0.1, -0.05) is 0 Å². The Hall–Kier alpha value is -1.59. The van der Waals surface area contributed by atoms with Crippen LogP contribution in [0.25, 0.3) is 0 Å². The summed E-state index contributed by atoms with van der Waals surface area (Å²) in [5.41, 5.74) is -0.202. The van der Waals surface area contributed by atoms with Gasteiger partial charge in [0.25, 0.3) is 0 Å². The molecule has 0 aromatic carbocycles. The Balaban J connectivity index is 1.25. The predicted octanol–water partition coefficient (Wildman–Crippen LogP) is 2.12. The number of carbonyl (C=O) groups excluding carboxylic acids is 3. The Kier molecular flexibility index (Phi) is 5.17. The van der Waals surface area contributed by atoms with Crippen molar-refractivity contribution in [3.05, 3.63) is 0 Å². The Morgan fingerprint density at radius 2 is 1.56 bits per heavy atom. The molecule has 0 aromatic heterocycles. The molecule has 6 nitrogen and oxygen atoms in total. The van der Waals surface area contributed by atoms with Crippen LogP contribution in [0, 0.1) is 29.1 Å². The first-order valence-electron chi connectivity index (χ1n) is 10.7. The molecular weight excluding hydrogens is 344 g/mol. The lowest BCUT2D eigenvalue weighted by Crippen LogP contribution is -2.55. The lowest BCUT2D eigenvalue weighted by molar-refractivity contribution is -0.151. The van der Waals surface area contributed by atoms with Crippen LogP contribution in [0.5, 0.6) is 0 Å². The fourth-order valence-electron chi connectivity index (χ4n) is 6.47. The normalized spacial score (nSPS) is 35.1. The molecule has 150 valence electrons. The van der Waals surface area contributed by atoms with E-state index in [4.69, 9.17) is 4.74 Å². The van der Waals surface area contributed by atoms with Gasteiger partial charge in [-0.25, -0.2) is 0 Å². The third-order valence-electron chi connectivity index (χ3n) is 7.39. The summed E-state index contributed by atoms with van der Waals surface area (Å²) in [5, 5.41) is 2.97. The maximum Gasteiger partial charge on any atom is 0.309 e. The Labute approximate surface area is 161 Å². The number of esters is 1. The minimum Gasteiger partial charge on any atom is -0.466 e. The summed E-state index contributed by atoms with van der Waals surface area (Å²) in [6, 6.07) is 0. The molecule has 0 atom stereocenters. The predicted molar refractivity (Wildman–Crippen MR) is 99.6 cm³/mol. The average Bonchev–Trinajstić information content (AvgIpc) is 2.65. The van der Waals surface area contributed by atoms with Crippen molar-refractivity contribution in [2.45, 2.75) is 58.3 Å². The number of nitrogens with zero attached hydrogens (tertiary/aromatic N) is 1. The molecule has 5 rings (SSSR count). The molecule has 5 aliphatic rings. The first-order valence-corrected chi connectivity index (χ1v) is 10.7. The van der Waals surface area contributed by atoms with Gasteiger partial charge in [-0.05, 0) is 76.0 Å². The van der Waals surface area contributed by atoms with E-state index in [9.17, 15) is 14.4 Å². The standard InChI is InChI=1S/C21H32N2O4/c1-2-27-19(25)17-3-5-23(6-4-17)18(24)13-22-20(26)21-10-14-7-15(11-21)9-16(8-14)12-21/h14-17H,2-13H2,1H3,(H,22,26). The third kappa shape index (κ3) is 3.72. The van der Waals surface area contributed by atoms with E-state index >= 15 is 0 Å². The number of hydrogen-bond donors (Lipinski definition) is 1. The third-order valence-corrected chi connectivity index (χ3v) is 7.39. The number of amides is 2. The number of piperidine rings is 1. The molecule has 1 N–H and O–H groups in total. The summed E-state index contributed by atoms with van der Waals surface area (Å²) in [4.78, 5) is 39.1. The molecule has 4 saturated carbocycles. The van der Waals surface area contributed by atoms with Gasteiger partial charge in [0.05, 0.1) is 19.1 Å². The minimum absolute atomic E-state index is 0.0320. The van der Waals surface area contributed by atoms with Crippen LogP contribution in [0.4, 0.5) is 0 Å². The maximum absolute atomic E-state index is 13.0. The van der Waals surface area contributed by atoms with Crippen LogP contribution >= 0.6 is 0 Å². The molecular formula is C21H32N2O4. The second kappa shape index (κ2) is 7.44. The van der Waals surface area contributed by atoms with Crippen LogP contribution in [0.3, 0.4) is 0 Å². The fraction of sp³-hybridized carbons (Fsp3) is 0.857. The second-order valence-electron chi connectivity index (χ2n) is 9.29. The van der Waals surface area contributed by atoms with Crippen LogP contribution < -0.4 is 5.32 Å². The maximum atomic E-state index is 13.0. The SMILES string of the molecule is CCOC(=O)C1CCN(C(=O)CNC(=O)C23CC4CC(CC(C4)C2)C3)CC1. The van der Waals surface area contributed by atoms with E-state index in [2.05, 4.69) is 5.32 Å². The number of hydrogen-bond acceptors (Lipinski definition) is 4. The van der Waals surface area contributed by atoms with E-state index in [1.165, 1.54) is 19.3 Å². The summed E-state index contributed by atoms with van der Waals surface area (Å²) in [6.07, 6.45) is 8.27. The zero-order valence-electron chi connectivity index (χ0n) is 16.4. The highest BCUT2D eigenvalue weighted by molar-refractivity contribution is 5.88. The van der Waals surface area contributed by atoms with Gasteiger partial charge in [0.1, 0.15) is 0 Å². The molecule has 0 unspecified atom stereocenters. The lowest BCUT2D eigenvalue weighted by Gasteiger charge is -2.55. The van der Waals surface area contributed by atoms with Crippen LogP contribution in [0.1, 0.15) is 58.3 Å². The van der Waals surface area contributed by atoms with Gasteiger partial charge in [-0.2, -0.15) is 0 Å². The van der Waals surface area contributed by atoms with E-state index in [1.807, 2.05) is 6.92 Å². The molecule has 1 heterocycles. The average molecular weight is 376 g/mol. The molecule has 4 aliphatic carbocycles. The molecule has 1 aliphatic heterocycles. The molecule has 0 radical (unpaired) electrons. The number of nitrogens with one attached hydrogen (secondary N) is 1. The highest BCUT2D eigenvalue weighted by Gasteiger charge is 2.54. The van der Waals surface area contributed by atoms with Crippen molar-refractivity contribution in [1.29, 1.82) is 0 Å². The van der Waals surface area contributed by atoms with Crippen molar-refractivity contribution in [3.63, 3.8) is 0 Å². The van der Waals surface area contributed by atoms with Crippen molar-refractivity contribution in [2.24, 2.45) is 29.1 Å². The van der Waals surface area contributed by atoms with Gasteiger partial charge in [-0.3, -0.25) is 14.4 Å². The van der Waals surface area contributed by atoms with Crippen LogP contribution in [-0.4, -0.2) is 48.9 Å². The lowest BCUT2D eigenvalue weighted by atomic mass is 9.49. The monoisotopic (exact) mass is 376 g/mol. The fourth-order valence-corrected chi connectivity index (χ4v) is 6.47. The summed E-state index contributed by atoms with van der Waals surface area (Å²) in [6.45, 7) is 3.42. The van der Waals surface area contributed by atoms with Crippen molar-refractivity contribution < 1.29 is 19.1 Å². The molecule has 6 heteroatoms. The van der Waals surface area contributed by atoms with Crippen molar-refractivity contribution >= 4 is 17.8 Å². The summed E-state index contributed by atoms with van der Waals surface area (Å²) >= 11 is 0. The highest BCUT2D eigenvalue weighted by atomic mass is 16.5. The van der Waals surface area contributed by atoms with Gasteiger partial charge < -0.3 is 15.0 Å². The van der Waals surface area contributed by atoms with Gasteiger partial charge in [0, 0.05) is 18.5 Å². The topological polar surface area (TPSA) is 75.7 Å². The Bertz CT molecular complexity index is 574. The first-order chi connectivity index (χ1) is 13.0. The van der Waals surface area contributed by atoms with E-state index in [-0.39, 0.29) is 35.7 Å². The number of ether oxygens (including phenoxy) is 1. The molecule has 27 heavy (non-hydrogen) atoms. The van der Waals surface area contributed by atoms with Gasteiger partial charge in [0.2, 0.25) is 11.8 Å². The Morgan fingerprint density at radius 1 is 1.00 bits per heavy atom. The van der Waals surface area contributed by atoms with E-state index in [1.54, 1.807) is 4.90 Å². The molecule has 2 amide bonds. The zero-order valence-corrected chi connectivity index (χ0v) is 16.4. The molecule has 4 bridgehead atoms. The van der Waals surface area contributed by atoms with Gasteiger partial charge in [-0.15, -0.1) is 0 Å². The number of carbonyl (C=O) groups is 3. The Morgan fingerprint density at radius 3 is 2.07 bits per heavy atom. The van der Waals surface area contributed by atoms with Crippen molar-refractivity contribution in [1.82, 2.24) is 10.2 Å². The number of rotatable bonds is 5. The molecule has 5 fully saturated rings. The quantitative estimate of drug-likeness (QED) is 0.746. The van der Waals surface area contributed by atoms with Gasteiger partial charge >= 0.3 is 5.97 Å². The highest BCUT2D eigenvalue weighted by Crippen LogP contribution is 2.60. The van der Waals surface area contributed by atoms with E-state index in [0.717, 1.165) is 37.0 Å². The first kappa shape index (κ1) is 18.8. The molecule has 0 spiro atoms. The second-order valence-corrected chi connectivity index (χ2v) is 9.29. The van der Waals surface area contributed by atoms with Crippen LogP contribution in [-0.2, 0) is 19.1 Å². The van der Waals surface area contributed by atoms with Gasteiger partial charge in [0.15, 0.2) is 0 Å². The minimum atomic E-state index is -0.202. The largest absolute Gasteiger partial charge is 0.466 e. The smallest absolute Gasteiger partial charge is 0.309 e. The summed E-state index contributed by atoms with van der Waals surface area (Å²) in [7, 11) is 0. The van der Waals surface area contributed by atoms with E-state index in [0.29, 0.717) is 32.5 Å². The molecule has 1 saturated heterocycles. The van der Waals surface area contributed by atoms with Crippen LogP contribution in [0.2, 0.25) is 0 Å².